The van der Waals surface area contributed by atoms with Crippen LogP contribution < -0.4 is 4.90 Å². The lowest BCUT2D eigenvalue weighted by atomic mass is 10.1. The molecule has 0 saturated carbocycles. The topological polar surface area (TPSA) is 33.2 Å². The molecule has 0 aliphatic carbocycles. The largest absolute Gasteiger partial charge is 0.368 e. The Bertz CT molecular complexity index is 593. The molecule has 0 N–H and O–H groups in total. The van der Waals surface area contributed by atoms with Crippen LogP contribution in [0.15, 0.2) is 42.5 Å². The number of rotatable bonds is 4. The maximum absolute atomic E-state index is 11.6. The number of benzene rings is 1. The zero-order chi connectivity index (χ0) is 13.8. The van der Waals surface area contributed by atoms with Crippen molar-refractivity contribution in [1.29, 1.82) is 0 Å². The highest BCUT2D eigenvalue weighted by Gasteiger charge is 2.11. The highest BCUT2D eigenvalue weighted by atomic mass is 16.1. The molecule has 0 unspecified atom stereocenters. The zero-order valence-corrected chi connectivity index (χ0v) is 11.6. The molecule has 1 aromatic heterocycles. The van der Waals surface area contributed by atoms with Gasteiger partial charge in [0.05, 0.1) is 12.2 Å². The molecular formula is C16H18N2O. The molecule has 0 aliphatic rings. The molecule has 0 saturated heterocycles. The second-order valence-electron chi connectivity index (χ2n) is 4.70. The minimum Gasteiger partial charge on any atom is -0.368 e. The van der Waals surface area contributed by atoms with Gasteiger partial charge in [0, 0.05) is 24.0 Å². The van der Waals surface area contributed by atoms with Crippen molar-refractivity contribution in [2.75, 3.05) is 11.9 Å². The lowest BCUT2D eigenvalue weighted by molar-refractivity contribution is 0.101. The summed E-state index contributed by atoms with van der Waals surface area (Å²) in [6.45, 7) is 4.26. The second kappa shape index (κ2) is 5.65. The zero-order valence-electron chi connectivity index (χ0n) is 11.6. The number of carbonyl (C=O) groups is 1. The number of pyridine rings is 1. The molecule has 0 spiro atoms. The maximum Gasteiger partial charge on any atom is 0.161 e. The first kappa shape index (κ1) is 13.3. The standard InChI is InChI=1S/C16H18N2O/c1-12-7-6-8-14(17-12)11-18(3)16-10-5-4-9-15(16)13(2)19/h4-10H,11H2,1-3H3. The van der Waals surface area contributed by atoms with Crippen LogP contribution in [0.3, 0.4) is 0 Å². The highest BCUT2D eigenvalue weighted by Crippen LogP contribution is 2.21. The Morgan fingerprint density at radius 1 is 1.16 bits per heavy atom. The van der Waals surface area contributed by atoms with Gasteiger partial charge < -0.3 is 4.90 Å². The van der Waals surface area contributed by atoms with Gasteiger partial charge >= 0.3 is 0 Å². The molecule has 2 aromatic rings. The Labute approximate surface area is 113 Å². The lowest BCUT2D eigenvalue weighted by Crippen LogP contribution is -2.19. The SMILES string of the molecule is CC(=O)c1ccccc1N(C)Cc1cccc(C)n1. The molecule has 19 heavy (non-hydrogen) atoms. The van der Waals surface area contributed by atoms with Crippen LogP contribution in [-0.4, -0.2) is 17.8 Å². The Morgan fingerprint density at radius 2 is 1.89 bits per heavy atom. The van der Waals surface area contributed by atoms with Crippen molar-refractivity contribution in [1.82, 2.24) is 4.98 Å². The van der Waals surface area contributed by atoms with Gasteiger partial charge in [0.2, 0.25) is 0 Å². The Kier molecular flexibility index (Phi) is 3.95. The summed E-state index contributed by atoms with van der Waals surface area (Å²) in [5.74, 6) is 0.0830. The first-order chi connectivity index (χ1) is 9.08. The molecule has 0 atom stereocenters. The van der Waals surface area contributed by atoms with E-state index in [0.717, 1.165) is 22.6 Å². The van der Waals surface area contributed by atoms with Crippen LogP contribution in [0.25, 0.3) is 0 Å². The van der Waals surface area contributed by atoms with Crippen molar-refractivity contribution in [2.45, 2.75) is 20.4 Å². The van der Waals surface area contributed by atoms with E-state index in [1.54, 1.807) is 6.92 Å². The number of carbonyl (C=O) groups excluding carboxylic acids is 1. The van der Waals surface area contributed by atoms with Gasteiger partial charge in [-0.3, -0.25) is 9.78 Å². The summed E-state index contributed by atoms with van der Waals surface area (Å²) in [7, 11) is 1.98. The first-order valence-electron chi connectivity index (χ1n) is 6.31. The molecule has 2 rings (SSSR count). The Hall–Kier alpha value is -2.16. The quantitative estimate of drug-likeness (QED) is 0.785. The average Bonchev–Trinajstić information content (AvgIpc) is 2.38. The number of aromatic nitrogens is 1. The van der Waals surface area contributed by atoms with Gasteiger partial charge in [0.1, 0.15) is 0 Å². The summed E-state index contributed by atoms with van der Waals surface area (Å²) in [5.41, 5.74) is 3.70. The highest BCUT2D eigenvalue weighted by molar-refractivity contribution is 5.99. The van der Waals surface area contributed by atoms with E-state index in [4.69, 9.17) is 0 Å². The van der Waals surface area contributed by atoms with Crippen molar-refractivity contribution < 1.29 is 4.79 Å². The second-order valence-corrected chi connectivity index (χ2v) is 4.70. The number of para-hydroxylation sites is 1. The molecule has 98 valence electrons. The Morgan fingerprint density at radius 3 is 2.58 bits per heavy atom. The lowest BCUT2D eigenvalue weighted by Gasteiger charge is -2.21. The molecule has 0 radical (unpaired) electrons. The van der Waals surface area contributed by atoms with E-state index in [1.165, 1.54) is 0 Å². The molecule has 0 amide bonds. The van der Waals surface area contributed by atoms with E-state index in [2.05, 4.69) is 9.88 Å². The van der Waals surface area contributed by atoms with Crippen LogP contribution in [0.4, 0.5) is 5.69 Å². The van der Waals surface area contributed by atoms with Crippen LogP contribution in [0, 0.1) is 6.92 Å². The van der Waals surface area contributed by atoms with E-state index in [0.29, 0.717) is 6.54 Å². The monoisotopic (exact) mass is 254 g/mol. The number of hydrogen-bond acceptors (Lipinski definition) is 3. The van der Waals surface area contributed by atoms with Gasteiger partial charge in [0.15, 0.2) is 5.78 Å². The molecule has 1 heterocycles. The molecule has 0 fully saturated rings. The van der Waals surface area contributed by atoms with Crippen molar-refractivity contribution in [3.05, 3.63) is 59.4 Å². The normalized spacial score (nSPS) is 10.3. The van der Waals surface area contributed by atoms with E-state index in [1.807, 2.05) is 56.4 Å². The maximum atomic E-state index is 11.6. The third-order valence-electron chi connectivity index (χ3n) is 3.04. The summed E-state index contributed by atoms with van der Waals surface area (Å²) in [4.78, 5) is 18.2. The summed E-state index contributed by atoms with van der Waals surface area (Å²) in [6.07, 6.45) is 0. The molecule has 1 aromatic carbocycles. The summed E-state index contributed by atoms with van der Waals surface area (Å²) in [5, 5.41) is 0. The van der Waals surface area contributed by atoms with E-state index >= 15 is 0 Å². The van der Waals surface area contributed by atoms with Crippen molar-refractivity contribution in [2.24, 2.45) is 0 Å². The van der Waals surface area contributed by atoms with Crippen LogP contribution >= 0.6 is 0 Å². The van der Waals surface area contributed by atoms with Gasteiger partial charge in [-0.1, -0.05) is 18.2 Å². The van der Waals surface area contributed by atoms with Gasteiger partial charge in [-0.15, -0.1) is 0 Å². The number of aryl methyl sites for hydroxylation is 1. The number of Topliss-reactive ketones (excluding diaryl/α,β-unsaturated/α-hetero) is 1. The van der Waals surface area contributed by atoms with Crippen LogP contribution in [0.5, 0.6) is 0 Å². The minimum absolute atomic E-state index is 0.0830. The fourth-order valence-corrected chi connectivity index (χ4v) is 2.12. The van der Waals surface area contributed by atoms with Gasteiger partial charge in [0.25, 0.3) is 0 Å². The van der Waals surface area contributed by atoms with Crippen LogP contribution in [0.1, 0.15) is 28.7 Å². The number of ketones is 1. The average molecular weight is 254 g/mol. The summed E-state index contributed by atoms with van der Waals surface area (Å²) < 4.78 is 0. The fourth-order valence-electron chi connectivity index (χ4n) is 2.12. The fraction of sp³-hybridized carbons (Fsp3) is 0.250. The number of hydrogen-bond donors (Lipinski definition) is 0. The third-order valence-corrected chi connectivity index (χ3v) is 3.04. The van der Waals surface area contributed by atoms with Crippen LogP contribution in [-0.2, 0) is 6.54 Å². The third kappa shape index (κ3) is 3.19. The number of anilines is 1. The minimum atomic E-state index is 0.0830. The van der Waals surface area contributed by atoms with Crippen molar-refractivity contribution in [3.8, 4) is 0 Å². The molecule has 3 nitrogen and oxygen atoms in total. The summed E-state index contributed by atoms with van der Waals surface area (Å²) >= 11 is 0. The summed E-state index contributed by atoms with van der Waals surface area (Å²) in [6, 6.07) is 13.6. The van der Waals surface area contributed by atoms with E-state index < -0.39 is 0 Å². The molecular weight excluding hydrogens is 236 g/mol. The molecule has 0 bridgehead atoms. The van der Waals surface area contributed by atoms with E-state index in [-0.39, 0.29) is 5.78 Å². The van der Waals surface area contributed by atoms with Gasteiger partial charge in [-0.25, -0.2) is 0 Å². The predicted molar refractivity (Wildman–Crippen MR) is 77.5 cm³/mol. The smallest absolute Gasteiger partial charge is 0.161 e. The van der Waals surface area contributed by atoms with Crippen molar-refractivity contribution in [3.63, 3.8) is 0 Å². The van der Waals surface area contributed by atoms with Crippen LogP contribution in [0.2, 0.25) is 0 Å². The van der Waals surface area contributed by atoms with Gasteiger partial charge in [-0.2, -0.15) is 0 Å². The Balaban J connectivity index is 2.25. The first-order valence-corrected chi connectivity index (χ1v) is 6.31. The van der Waals surface area contributed by atoms with Gasteiger partial charge in [-0.05, 0) is 38.1 Å². The predicted octanol–water partition coefficient (Wildman–Crippen LogP) is 3.23. The number of nitrogens with zero attached hydrogens (tertiary/aromatic N) is 2. The molecule has 3 heteroatoms. The van der Waals surface area contributed by atoms with Crippen molar-refractivity contribution >= 4 is 11.5 Å². The van der Waals surface area contributed by atoms with E-state index in [9.17, 15) is 4.79 Å². The molecule has 0 aliphatic heterocycles.